The molecule has 1 aliphatic rings. The van der Waals surface area contributed by atoms with Crippen molar-refractivity contribution in [1.29, 1.82) is 0 Å². The van der Waals surface area contributed by atoms with Crippen LogP contribution >= 0.6 is 15.9 Å². The van der Waals surface area contributed by atoms with Gasteiger partial charge in [-0.05, 0) is 25.2 Å². The Morgan fingerprint density at radius 3 is 2.81 bits per heavy atom. The SMILES string of the molecule is CC(C)C(CCBr)NC(=O)CC1CCCO1. The summed E-state index contributed by atoms with van der Waals surface area (Å²) in [5, 5.41) is 4.02. The van der Waals surface area contributed by atoms with E-state index in [4.69, 9.17) is 4.74 Å². The number of hydrogen-bond acceptors (Lipinski definition) is 2. The number of alkyl halides is 1. The Bertz CT molecular complexity index is 215. The normalized spacial score (nSPS) is 22.4. The van der Waals surface area contributed by atoms with Gasteiger partial charge in [0.25, 0.3) is 0 Å². The van der Waals surface area contributed by atoms with Gasteiger partial charge in [-0.3, -0.25) is 4.79 Å². The van der Waals surface area contributed by atoms with Gasteiger partial charge in [0.2, 0.25) is 5.91 Å². The molecule has 0 aromatic heterocycles. The summed E-state index contributed by atoms with van der Waals surface area (Å²) in [6.45, 7) is 5.09. The Kier molecular flexibility index (Phi) is 6.36. The molecule has 2 unspecified atom stereocenters. The lowest BCUT2D eigenvalue weighted by Gasteiger charge is -2.22. The molecule has 1 fully saturated rings. The van der Waals surface area contributed by atoms with Crippen molar-refractivity contribution in [2.45, 2.75) is 51.7 Å². The zero-order chi connectivity index (χ0) is 12.0. The molecule has 4 heteroatoms. The molecule has 94 valence electrons. The van der Waals surface area contributed by atoms with Crippen LogP contribution in [-0.4, -0.2) is 30.0 Å². The molecule has 1 rings (SSSR count). The Hall–Kier alpha value is -0.0900. The first-order valence-electron chi connectivity index (χ1n) is 6.10. The van der Waals surface area contributed by atoms with E-state index in [-0.39, 0.29) is 18.1 Å². The van der Waals surface area contributed by atoms with Crippen LogP contribution in [0.4, 0.5) is 0 Å². The topological polar surface area (TPSA) is 38.3 Å². The molecule has 0 saturated carbocycles. The van der Waals surface area contributed by atoms with Gasteiger partial charge in [0, 0.05) is 18.0 Å². The van der Waals surface area contributed by atoms with Crippen LogP contribution in [0.25, 0.3) is 0 Å². The molecule has 1 amide bonds. The molecular formula is C12H22BrNO2. The molecule has 2 atom stereocenters. The number of ether oxygens (including phenoxy) is 1. The standard InChI is InChI=1S/C12H22BrNO2/c1-9(2)11(5-6-13)14-12(15)8-10-4-3-7-16-10/h9-11H,3-8H2,1-2H3,(H,14,15). The van der Waals surface area contributed by atoms with Crippen molar-refractivity contribution in [2.75, 3.05) is 11.9 Å². The van der Waals surface area contributed by atoms with Crippen LogP contribution < -0.4 is 5.32 Å². The van der Waals surface area contributed by atoms with Crippen molar-refractivity contribution < 1.29 is 9.53 Å². The van der Waals surface area contributed by atoms with E-state index in [0.717, 1.165) is 31.2 Å². The number of carbonyl (C=O) groups is 1. The molecule has 1 heterocycles. The Morgan fingerprint density at radius 1 is 1.56 bits per heavy atom. The first-order valence-corrected chi connectivity index (χ1v) is 7.22. The molecule has 0 aliphatic carbocycles. The maximum absolute atomic E-state index is 11.8. The molecule has 0 radical (unpaired) electrons. The third-order valence-electron chi connectivity index (χ3n) is 3.01. The fraction of sp³-hybridized carbons (Fsp3) is 0.917. The smallest absolute Gasteiger partial charge is 0.222 e. The average molecular weight is 292 g/mol. The van der Waals surface area contributed by atoms with Gasteiger partial charge in [-0.25, -0.2) is 0 Å². The highest BCUT2D eigenvalue weighted by atomic mass is 79.9. The van der Waals surface area contributed by atoms with Gasteiger partial charge in [-0.1, -0.05) is 29.8 Å². The van der Waals surface area contributed by atoms with Gasteiger partial charge in [0.15, 0.2) is 0 Å². The largest absolute Gasteiger partial charge is 0.378 e. The Labute approximate surface area is 106 Å². The van der Waals surface area contributed by atoms with Gasteiger partial charge < -0.3 is 10.1 Å². The van der Waals surface area contributed by atoms with Crippen LogP contribution in [0.15, 0.2) is 0 Å². The first-order chi connectivity index (χ1) is 7.63. The molecule has 1 N–H and O–H groups in total. The summed E-state index contributed by atoms with van der Waals surface area (Å²) < 4.78 is 5.46. The highest BCUT2D eigenvalue weighted by molar-refractivity contribution is 9.09. The summed E-state index contributed by atoms with van der Waals surface area (Å²) in [5.41, 5.74) is 0. The van der Waals surface area contributed by atoms with Gasteiger partial charge >= 0.3 is 0 Å². The summed E-state index contributed by atoms with van der Waals surface area (Å²) in [4.78, 5) is 11.8. The van der Waals surface area contributed by atoms with Crippen LogP contribution in [0.3, 0.4) is 0 Å². The van der Waals surface area contributed by atoms with Gasteiger partial charge in [0.05, 0.1) is 12.5 Å². The van der Waals surface area contributed by atoms with Crippen LogP contribution in [0.1, 0.15) is 39.5 Å². The predicted octanol–water partition coefficient (Wildman–Crippen LogP) is 2.48. The molecule has 1 aliphatic heterocycles. The molecule has 0 spiro atoms. The summed E-state index contributed by atoms with van der Waals surface area (Å²) in [7, 11) is 0. The summed E-state index contributed by atoms with van der Waals surface area (Å²) in [6, 6.07) is 0.272. The number of carbonyl (C=O) groups excluding carboxylic acids is 1. The minimum Gasteiger partial charge on any atom is -0.378 e. The van der Waals surface area contributed by atoms with Crippen molar-refractivity contribution in [3.63, 3.8) is 0 Å². The quantitative estimate of drug-likeness (QED) is 0.764. The second-order valence-corrected chi connectivity index (χ2v) is 5.53. The number of nitrogens with one attached hydrogen (secondary N) is 1. The van der Waals surface area contributed by atoms with Crippen molar-refractivity contribution in [3.05, 3.63) is 0 Å². The predicted molar refractivity (Wildman–Crippen MR) is 68.8 cm³/mol. The summed E-state index contributed by atoms with van der Waals surface area (Å²) in [6.07, 6.45) is 3.77. The zero-order valence-corrected chi connectivity index (χ0v) is 11.8. The van der Waals surface area contributed by atoms with E-state index in [1.807, 2.05) is 0 Å². The van der Waals surface area contributed by atoms with E-state index in [2.05, 4.69) is 35.1 Å². The number of rotatable bonds is 6. The third kappa shape index (κ3) is 4.83. The maximum Gasteiger partial charge on any atom is 0.222 e. The van der Waals surface area contributed by atoms with E-state index in [0.29, 0.717) is 12.3 Å². The summed E-state index contributed by atoms with van der Waals surface area (Å²) >= 11 is 3.42. The zero-order valence-electron chi connectivity index (χ0n) is 10.2. The summed E-state index contributed by atoms with van der Waals surface area (Å²) in [5.74, 6) is 0.609. The van der Waals surface area contributed by atoms with Crippen LogP contribution in [0, 0.1) is 5.92 Å². The monoisotopic (exact) mass is 291 g/mol. The van der Waals surface area contributed by atoms with Crippen molar-refractivity contribution in [1.82, 2.24) is 5.32 Å². The molecule has 1 saturated heterocycles. The third-order valence-corrected chi connectivity index (χ3v) is 3.47. The minimum atomic E-state index is 0.131. The lowest BCUT2D eigenvalue weighted by molar-refractivity contribution is -0.124. The minimum absolute atomic E-state index is 0.131. The maximum atomic E-state index is 11.8. The first kappa shape index (κ1) is 14.0. The lowest BCUT2D eigenvalue weighted by atomic mass is 10.0. The number of amides is 1. The van der Waals surface area contributed by atoms with Gasteiger partial charge in [-0.2, -0.15) is 0 Å². The van der Waals surface area contributed by atoms with E-state index < -0.39 is 0 Å². The van der Waals surface area contributed by atoms with Gasteiger partial charge in [0.1, 0.15) is 0 Å². The van der Waals surface area contributed by atoms with Crippen LogP contribution in [0.5, 0.6) is 0 Å². The molecule has 3 nitrogen and oxygen atoms in total. The highest BCUT2D eigenvalue weighted by Crippen LogP contribution is 2.16. The van der Waals surface area contributed by atoms with E-state index in [1.54, 1.807) is 0 Å². The Morgan fingerprint density at radius 2 is 2.31 bits per heavy atom. The fourth-order valence-corrected chi connectivity index (χ4v) is 2.46. The highest BCUT2D eigenvalue weighted by Gasteiger charge is 2.21. The van der Waals surface area contributed by atoms with E-state index >= 15 is 0 Å². The molecule has 0 aromatic rings. The van der Waals surface area contributed by atoms with E-state index in [1.165, 1.54) is 0 Å². The van der Waals surface area contributed by atoms with Gasteiger partial charge in [-0.15, -0.1) is 0 Å². The fourth-order valence-electron chi connectivity index (χ4n) is 1.97. The molecular weight excluding hydrogens is 270 g/mol. The van der Waals surface area contributed by atoms with Crippen LogP contribution in [0.2, 0.25) is 0 Å². The number of hydrogen-bond donors (Lipinski definition) is 1. The van der Waals surface area contributed by atoms with E-state index in [9.17, 15) is 4.79 Å². The number of halogens is 1. The lowest BCUT2D eigenvalue weighted by Crippen LogP contribution is -2.40. The second kappa shape index (κ2) is 7.28. The second-order valence-electron chi connectivity index (χ2n) is 4.73. The van der Waals surface area contributed by atoms with Crippen molar-refractivity contribution >= 4 is 21.8 Å². The van der Waals surface area contributed by atoms with Crippen molar-refractivity contribution in [2.24, 2.45) is 5.92 Å². The molecule has 0 aromatic carbocycles. The van der Waals surface area contributed by atoms with Crippen molar-refractivity contribution in [3.8, 4) is 0 Å². The molecule has 0 bridgehead atoms. The Balaban J connectivity index is 2.29. The van der Waals surface area contributed by atoms with Crippen LogP contribution in [-0.2, 0) is 9.53 Å². The molecule has 16 heavy (non-hydrogen) atoms. The average Bonchev–Trinajstić information content (AvgIpc) is 2.69.